The zero-order valence-electron chi connectivity index (χ0n) is 9.65. The van der Waals surface area contributed by atoms with Crippen molar-refractivity contribution in [2.75, 3.05) is 6.54 Å². The van der Waals surface area contributed by atoms with Gasteiger partial charge >= 0.3 is 0 Å². The summed E-state index contributed by atoms with van der Waals surface area (Å²) >= 11 is 0. The average molecular weight is 226 g/mol. The van der Waals surface area contributed by atoms with Gasteiger partial charge in [0.05, 0.1) is 5.29 Å². The van der Waals surface area contributed by atoms with E-state index in [1.165, 1.54) is 6.92 Å². The Hall–Kier alpha value is -1.26. The maximum absolute atomic E-state index is 11.5. The molecule has 1 aliphatic rings. The molecule has 5 nitrogen and oxygen atoms in total. The maximum atomic E-state index is 11.5. The van der Waals surface area contributed by atoms with Crippen molar-refractivity contribution in [2.45, 2.75) is 45.4 Å². The summed E-state index contributed by atoms with van der Waals surface area (Å²) in [7, 11) is 0. The molecule has 0 heterocycles. The molecule has 1 rings (SSSR count). The summed E-state index contributed by atoms with van der Waals surface area (Å²) in [6.45, 7) is 1.63. The third-order valence-electron chi connectivity index (χ3n) is 3.07. The summed E-state index contributed by atoms with van der Waals surface area (Å²) in [4.78, 5) is 32.7. The van der Waals surface area contributed by atoms with Crippen LogP contribution in [0.1, 0.15) is 45.4 Å². The van der Waals surface area contributed by atoms with E-state index in [0.717, 1.165) is 30.7 Å². The lowest BCUT2D eigenvalue weighted by Crippen LogP contribution is -2.25. The van der Waals surface area contributed by atoms with Gasteiger partial charge in [0.25, 0.3) is 0 Å². The lowest BCUT2D eigenvalue weighted by molar-refractivity contribution is -0.129. The first-order valence-corrected chi connectivity index (χ1v) is 5.79. The zero-order chi connectivity index (χ0) is 12.0. The van der Waals surface area contributed by atoms with Gasteiger partial charge < -0.3 is 0 Å². The molecule has 0 saturated heterocycles. The Morgan fingerprint density at radius 1 is 1.50 bits per heavy atom. The van der Waals surface area contributed by atoms with Crippen LogP contribution in [0.25, 0.3) is 0 Å². The molecule has 1 amide bonds. The molecule has 1 aliphatic carbocycles. The largest absolute Gasteiger partial charge is 0.299 e. The van der Waals surface area contributed by atoms with Crippen LogP contribution in [0, 0.1) is 10.8 Å². The fourth-order valence-electron chi connectivity index (χ4n) is 2.10. The van der Waals surface area contributed by atoms with Crippen LogP contribution in [-0.4, -0.2) is 23.2 Å². The monoisotopic (exact) mass is 226 g/mol. The molecule has 1 atom stereocenters. The van der Waals surface area contributed by atoms with Gasteiger partial charge in [-0.25, -0.2) is 0 Å². The minimum Gasteiger partial charge on any atom is -0.299 e. The predicted molar refractivity (Wildman–Crippen MR) is 59.4 cm³/mol. The number of carbonyl (C=O) groups excluding carboxylic acids is 2. The zero-order valence-corrected chi connectivity index (χ0v) is 9.65. The Kier molecular flexibility index (Phi) is 5.08. The first-order chi connectivity index (χ1) is 7.65. The number of nitroso groups, excluding NO2 is 1. The Balaban J connectivity index is 2.26. The van der Waals surface area contributed by atoms with Crippen molar-refractivity contribution >= 4 is 11.7 Å². The number of amides is 1. The fourth-order valence-corrected chi connectivity index (χ4v) is 2.10. The van der Waals surface area contributed by atoms with E-state index in [1.807, 2.05) is 0 Å². The average Bonchev–Trinajstić information content (AvgIpc) is 2.26. The van der Waals surface area contributed by atoms with Gasteiger partial charge in [0.1, 0.15) is 5.78 Å². The van der Waals surface area contributed by atoms with E-state index in [-0.39, 0.29) is 11.8 Å². The molecular weight excluding hydrogens is 208 g/mol. The Morgan fingerprint density at radius 2 is 2.25 bits per heavy atom. The van der Waals surface area contributed by atoms with Crippen LogP contribution in [0.4, 0.5) is 0 Å². The molecule has 0 aromatic heterocycles. The van der Waals surface area contributed by atoms with Crippen LogP contribution in [0.3, 0.4) is 0 Å². The predicted octanol–water partition coefficient (Wildman–Crippen LogP) is 2.06. The van der Waals surface area contributed by atoms with Gasteiger partial charge in [-0.3, -0.25) is 9.59 Å². The molecule has 0 radical (unpaired) electrons. The van der Waals surface area contributed by atoms with E-state index < -0.39 is 0 Å². The van der Waals surface area contributed by atoms with Crippen LogP contribution in [0.15, 0.2) is 5.29 Å². The Morgan fingerprint density at radius 3 is 2.81 bits per heavy atom. The van der Waals surface area contributed by atoms with Crippen LogP contribution in [0.2, 0.25) is 0 Å². The topological polar surface area (TPSA) is 66.8 Å². The van der Waals surface area contributed by atoms with Crippen molar-refractivity contribution in [2.24, 2.45) is 11.2 Å². The minimum atomic E-state index is -0.343. The lowest BCUT2D eigenvalue weighted by atomic mass is 9.85. The molecular formula is C11H18N2O3. The number of rotatable bonds is 5. The number of carbonyl (C=O) groups is 2. The molecule has 0 aromatic carbocycles. The first-order valence-electron chi connectivity index (χ1n) is 5.79. The van der Waals surface area contributed by atoms with E-state index in [9.17, 15) is 14.5 Å². The van der Waals surface area contributed by atoms with Crippen molar-refractivity contribution in [3.05, 3.63) is 4.91 Å². The number of hydrogen-bond donors (Lipinski definition) is 0. The highest BCUT2D eigenvalue weighted by Gasteiger charge is 2.22. The summed E-state index contributed by atoms with van der Waals surface area (Å²) in [5.74, 6) is 0.124. The van der Waals surface area contributed by atoms with Crippen LogP contribution in [0.5, 0.6) is 0 Å². The van der Waals surface area contributed by atoms with Gasteiger partial charge in [0.2, 0.25) is 5.91 Å². The van der Waals surface area contributed by atoms with Gasteiger partial charge in [0, 0.05) is 25.8 Å². The van der Waals surface area contributed by atoms with Crippen molar-refractivity contribution < 1.29 is 9.59 Å². The number of ketones is 1. The molecule has 0 bridgehead atoms. The second-order valence-corrected chi connectivity index (χ2v) is 4.28. The van der Waals surface area contributed by atoms with E-state index >= 15 is 0 Å². The quantitative estimate of drug-likeness (QED) is 0.532. The van der Waals surface area contributed by atoms with Crippen molar-refractivity contribution in [3.63, 3.8) is 0 Å². The van der Waals surface area contributed by atoms with Crippen LogP contribution < -0.4 is 0 Å². The number of hydrogen-bond acceptors (Lipinski definition) is 4. The molecule has 0 aromatic rings. The Bertz CT molecular complexity index is 278. The molecule has 0 N–H and O–H groups in total. The Labute approximate surface area is 95.1 Å². The molecule has 0 spiro atoms. The standard InChI is InChI=1S/C11H18N2O3/c1-9(14)13(12-16)8-4-6-10-5-2-3-7-11(10)15/h10H,2-8H2,1H3. The molecule has 1 saturated carbocycles. The van der Waals surface area contributed by atoms with Crippen molar-refractivity contribution in [1.82, 2.24) is 5.01 Å². The van der Waals surface area contributed by atoms with Crippen molar-refractivity contribution in [3.8, 4) is 0 Å². The molecule has 90 valence electrons. The summed E-state index contributed by atoms with van der Waals surface area (Å²) < 4.78 is 0. The van der Waals surface area contributed by atoms with E-state index in [0.29, 0.717) is 25.2 Å². The van der Waals surface area contributed by atoms with Gasteiger partial charge in [-0.15, -0.1) is 4.91 Å². The molecule has 1 unspecified atom stereocenters. The van der Waals surface area contributed by atoms with Gasteiger partial charge in [-0.1, -0.05) is 6.42 Å². The number of nitrogens with zero attached hydrogens (tertiary/aromatic N) is 2. The summed E-state index contributed by atoms with van der Waals surface area (Å²) in [5.41, 5.74) is 0. The third-order valence-corrected chi connectivity index (χ3v) is 3.07. The molecule has 1 fully saturated rings. The fraction of sp³-hybridized carbons (Fsp3) is 0.818. The van der Waals surface area contributed by atoms with Gasteiger partial charge in [0.15, 0.2) is 0 Å². The van der Waals surface area contributed by atoms with E-state index in [1.54, 1.807) is 0 Å². The van der Waals surface area contributed by atoms with Crippen LogP contribution >= 0.6 is 0 Å². The summed E-state index contributed by atoms with van der Waals surface area (Å²) in [6, 6.07) is 0. The summed E-state index contributed by atoms with van der Waals surface area (Å²) in [5, 5.41) is 3.55. The highest BCUT2D eigenvalue weighted by atomic mass is 16.3. The second kappa shape index (κ2) is 6.35. The van der Waals surface area contributed by atoms with Gasteiger partial charge in [-0.2, -0.15) is 5.01 Å². The second-order valence-electron chi connectivity index (χ2n) is 4.28. The summed E-state index contributed by atoms with van der Waals surface area (Å²) in [6.07, 6.45) is 5.18. The van der Waals surface area contributed by atoms with Gasteiger partial charge in [-0.05, 0) is 25.7 Å². The van der Waals surface area contributed by atoms with E-state index in [2.05, 4.69) is 5.29 Å². The molecule has 16 heavy (non-hydrogen) atoms. The minimum absolute atomic E-state index is 0.134. The van der Waals surface area contributed by atoms with Crippen LogP contribution in [-0.2, 0) is 9.59 Å². The normalized spacial score (nSPS) is 20.6. The molecule has 5 heteroatoms. The lowest BCUT2D eigenvalue weighted by Gasteiger charge is -2.20. The van der Waals surface area contributed by atoms with Crippen molar-refractivity contribution in [1.29, 1.82) is 0 Å². The van der Waals surface area contributed by atoms with E-state index in [4.69, 9.17) is 0 Å². The maximum Gasteiger partial charge on any atom is 0.242 e. The highest BCUT2D eigenvalue weighted by Crippen LogP contribution is 2.24. The smallest absolute Gasteiger partial charge is 0.242 e. The SMILES string of the molecule is CC(=O)N(CCCC1CCCCC1=O)N=O. The first kappa shape index (κ1) is 12.8. The number of Topliss-reactive ketones (excluding diaryl/α,β-unsaturated/α-hetero) is 1. The molecule has 0 aliphatic heterocycles. The third kappa shape index (κ3) is 3.72. The highest BCUT2D eigenvalue weighted by molar-refractivity contribution is 5.81.